The van der Waals surface area contributed by atoms with Gasteiger partial charge in [0.25, 0.3) is 0 Å². The van der Waals surface area contributed by atoms with E-state index in [4.69, 9.17) is 5.73 Å². The van der Waals surface area contributed by atoms with Crippen LogP contribution in [0.25, 0.3) is 0 Å². The second-order valence-corrected chi connectivity index (χ2v) is 6.46. The highest BCUT2D eigenvalue weighted by molar-refractivity contribution is 7.92. The van der Waals surface area contributed by atoms with Crippen molar-refractivity contribution in [3.63, 3.8) is 0 Å². The van der Waals surface area contributed by atoms with Crippen LogP contribution in [0.5, 0.6) is 0 Å². The Morgan fingerprint density at radius 1 is 1.00 bits per heavy atom. The van der Waals surface area contributed by atoms with E-state index in [-0.39, 0.29) is 16.4 Å². The van der Waals surface area contributed by atoms with Crippen LogP contribution in [0.15, 0.2) is 70.7 Å². The number of rotatable bonds is 5. The monoisotopic (exact) mass is 317 g/mol. The molecule has 3 N–H and O–H groups in total. The third kappa shape index (κ3) is 4.16. The first-order chi connectivity index (χ1) is 10.5. The molecule has 0 fully saturated rings. The molecule has 2 aromatic rings. The summed E-state index contributed by atoms with van der Waals surface area (Å²) in [5.41, 5.74) is 7.87. The van der Waals surface area contributed by atoms with Crippen molar-refractivity contribution < 1.29 is 13.2 Å². The van der Waals surface area contributed by atoms with Gasteiger partial charge in [0.05, 0.1) is 16.4 Å². The average Bonchev–Trinajstić information content (AvgIpc) is 2.53. The van der Waals surface area contributed by atoms with Gasteiger partial charge in [-0.05, 0) is 17.7 Å². The number of urea groups is 1. The zero-order chi connectivity index (χ0) is 16.0. The largest absolute Gasteiger partial charge is 0.350 e. The number of hydrazone groups is 1. The van der Waals surface area contributed by atoms with Crippen LogP contribution in [-0.2, 0) is 9.84 Å². The van der Waals surface area contributed by atoms with Crippen molar-refractivity contribution in [2.45, 2.75) is 4.90 Å². The molecule has 0 saturated heterocycles. The van der Waals surface area contributed by atoms with Crippen LogP contribution in [0.1, 0.15) is 5.56 Å². The van der Waals surface area contributed by atoms with Crippen molar-refractivity contribution in [2.75, 3.05) is 5.75 Å². The summed E-state index contributed by atoms with van der Waals surface area (Å²) in [5, 5.41) is 3.82. The van der Waals surface area contributed by atoms with E-state index in [2.05, 4.69) is 10.5 Å². The highest BCUT2D eigenvalue weighted by Gasteiger charge is 2.19. The number of nitrogens with zero attached hydrogens (tertiary/aromatic N) is 1. The quantitative estimate of drug-likeness (QED) is 0.646. The first kappa shape index (κ1) is 15.7. The topological polar surface area (TPSA) is 102 Å². The van der Waals surface area contributed by atoms with Crippen molar-refractivity contribution in [3.05, 3.63) is 66.2 Å². The third-order valence-electron chi connectivity index (χ3n) is 2.84. The number of primary amides is 1. The summed E-state index contributed by atoms with van der Waals surface area (Å²) in [6.07, 6.45) is 0. The maximum Gasteiger partial charge on any atom is 0.332 e. The predicted molar refractivity (Wildman–Crippen MR) is 84.2 cm³/mol. The summed E-state index contributed by atoms with van der Waals surface area (Å²) in [6, 6.07) is 15.9. The molecule has 0 spiro atoms. The number of nitrogens with one attached hydrogen (secondary N) is 1. The normalized spacial score (nSPS) is 11.9. The van der Waals surface area contributed by atoms with Gasteiger partial charge in [0.2, 0.25) is 0 Å². The van der Waals surface area contributed by atoms with Gasteiger partial charge < -0.3 is 5.73 Å². The highest BCUT2D eigenvalue weighted by Crippen LogP contribution is 2.13. The van der Waals surface area contributed by atoms with Gasteiger partial charge in [0, 0.05) is 0 Å². The van der Waals surface area contributed by atoms with E-state index in [1.54, 1.807) is 48.5 Å². The fourth-order valence-corrected chi connectivity index (χ4v) is 3.15. The van der Waals surface area contributed by atoms with Gasteiger partial charge in [-0.2, -0.15) is 5.10 Å². The van der Waals surface area contributed by atoms with E-state index in [0.717, 1.165) is 0 Å². The highest BCUT2D eigenvalue weighted by atomic mass is 32.2. The van der Waals surface area contributed by atoms with E-state index >= 15 is 0 Å². The van der Waals surface area contributed by atoms with Crippen molar-refractivity contribution in [3.8, 4) is 0 Å². The molecule has 0 aliphatic carbocycles. The van der Waals surface area contributed by atoms with E-state index in [1.165, 1.54) is 12.1 Å². The van der Waals surface area contributed by atoms with E-state index in [9.17, 15) is 13.2 Å². The molecule has 2 rings (SSSR count). The second-order valence-electron chi connectivity index (χ2n) is 4.47. The molecule has 7 heteroatoms. The Hall–Kier alpha value is -2.67. The van der Waals surface area contributed by atoms with Crippen LogP contribution in [-0.4, -0.2) is 25.9 Å². The Morgan fingerprint density at radius 2 is 1.55 bits per heavy atom. The van der Waals surface area contributed by atoms with E-state index in [0.29, 0.717) is 5.56 Å². The Morgan fingerprint density at radius 3 is 2.09 bits per heavy atom. The molecule has 0 saturated carbocycles. The van der Waals surface area contributed by atoms with Gasteiger partial charge in [-0.1, -0.05) is 48.5 Å². The fraction of sp³-hybridized carbons (Fsp3) is 0.0667. The van der Waals surface area contributed by atoms with Crippen LogP contribution in [0.3, 0.4) is 0 Å². The first-order valence-electron chi connectivity index (χ1n) is 6.44. The molecular weight excluding hydrogens is 302 g/mol. The molecule has 0 atom stereocenters. The minimum absolute atomic E-state index is 0.192. The molecule has 0 bridgehead atoms. The van der Waals surface area contributed by atoms with Crippen LogP contribution < -0.4 is 11.2 Å². The molecule has 2 amide bonds. The SMILES string of the molecule is NC(=O)N/N=C(/CS(=O)(=O)c1ccccc1)c1ccccc1. The molecule has 0 heterocycles. The van der Waals surface area contributed by atoms with Crippen LogP contribution in [0.2, 0.25) is 0 Å². The minimum Gasteiger partial charge on any atom is -0.350 e. The summed E-state index contributed by atoms with van der Waals surface area (Å²) in [5.74, 6) is -0.346. The molecule has 0 aromatic heterocycles. The average molecular weight is 317 g/mol. The zero-order valence-corrected chi connectivity index (χ0v) is 12.5. The molecule has 0 radical (unpaired) electrons. The van der Waals surface area contributed by atoms with Gasteiger partial charge in [0.1, 0.15) is 0 Å². The number of amides is 2. The third-order valence-corrected chi connectivity index (χ3v) is 4.48. The van der Waals surface area contributed by atoms with Gasteiger partial charge in [-0.3, -0.25) is 0 Å². The van der Waals surface area contributed by atoms with Crippen LogP contribution in [0, 0.1) is 0 Å². The predicted octanol–water partition coefficient (Wildman–Crippen LogP) is 1.53. The van der Waals surface area contributed by atoms with Crippen molar-refractivity contribution in [2.24, 2.45) is 10.8 Å². The number of sulfone groups is 1. The molecule has 6 nitrogen and oxygen atoms in total. The molecule has 2 aromatic carbocycles. The van der Waals surface area contributed by atoms with Crippen molar-refractivity contribution in [1.82, 2.24) is 5.43 Å². The Bertz CT molecular complexity index is 772. The number of benzene rings is 2. The second kappa shape index (κ2) is 6.86. The summed E-state index contributed by atoms with van der Waals surface area (Å²) >= 11 is 0. The summed E-state index contributed by atoms with van der Waals surface area (Å²) in [7, 11) is -3.58. The Kier molecular flexibility index (Phi) is 4.90. The van der Waals surface area contributed by atoms with E-state index < -0.39 is 15.9 Å². The zero-order valence-electron chi connectivity index (χ0n) is 11.6. The number of hydrogen-bond donors (Lipinski definition) is 2. The summed E-state index contributed by atoms with van der Waals surface area (Å²) in [4.78, 5) is 11.0. The van der Waals surface area contributed by atoms with Gasteiger partial charge >= 0.3 is 6.03 Å². The maximum atomic E-state index is 12.4. The molecule has 22 heavy (non-hydrogen) atoms. The lowest BCUT2D eigenvalue weighted by atomic mass is 10.1. The molecular formula is C15H15N3O3S. The van der Waals surface area contributed by atoms with Gasteiger partial charge in [-0.25, -0.2) is 18.6 Å². The Balaban J connectivity index is 2.35. The fourth-order valence-electron chi connectivity index (χ4n) is 1.82. The van der Waals surface area contributed by atoms with Crippen LogP contribution in [0.4, 0.5) is 4.79 Å². The summed E-state index contributed by atoms with van der Waals surface area (Å²) in [6.45, 7) is 0. The number of carbonyl (C=O) groups excluding carboxylic acids is 1. The van der Waals surface area contributed by atoms with Crippen LogP contribution >= 0.6 is 0 Å². The smallest absolute Gasteiger partial charge is 0.332 e. The standard InChI is InChI=1S/C15H15N3O3S/c16-15(19)18-17-14(12-7-3-1-4-8-12)11-22(20,21)13-9-5-2-6-10-13/h1-10H,11H2,(H3,16,18,19)/b17-14-. The number of nitrogens with two attached hydrogens (primary N) is 1. The van der Waals surface area contributed by atoms with E-state index in [1.807, 2.05) is 0 Å². The Labute approximate surface area is 128 Å². The summed E-state index contributed by atoms with van der Waals surface area (Å²) < 4.78 is 24.9. The molecule has 0 unspecified atom stereocenters. The molecule has 114 valence electrons. The lowest BCUT2D eigenvalue weighted by molar-refractivity contribution is 0.249. The number of hydrogen-bond acceptors (Lipinski definition) is 4. The molecule has 0 aliphatic rings. The lowest BCUT2D eigenvalue weighted by Gasteiger charge is -2.08. The van der Waals surface area contributed by atoms with Gasteiger partial charge in [-0.15, -0.1) is 0 Å². The van der Waals surface area contributed by atoms with Crippen molar-refractivity contribution in [1.29, 1.82) is 0 Å². The number of carbonyl (C=O) groups is 1. The minimum atomic E-state index is -3.58. The lowest BCUT2D eigenvalue weighted by Crippen LogP contribution is -2.28. The van der Waals surface area contributed by atoms with Gasteiger partial charge in [0.15, 0.2) is 9.84 Å². The first-order valence-corrected chi connectivity index (χ1v) is 8.09. The maximum absolute atomic E-state index is 12.4. The molecule has 0 aliphatic heterocycles. The van der Waals surface area contributed by atoms with Crippen molar-refractivity contribution >= 4 is 21.6 Å².